The number of hydrogen-bond acceptors (Lipinski definition) is 3. The molecule has 1 amide bonds. The van der Waals surface area contributed by atoms with Crippen LogP contribution in [0.5, 0.6) is 11.5 Å². The lowest BCUT2D eigenvalue weighted by molar-refractivity contribution is -0.683. The maximum absolute atomic E-state index is 13.0. The first-order valence-corrected chi connectivity index (χ1v) is 14.5. The summed E-state index contributed by atoms with van der Waals surface area (Å²) < 4.78 is 16.0. The van der Waals surface area contributed by atoms with Gasteiger partial charge >= 0.3 is 0 Å². The summed E-state index contributed by atoms with van der Waals surface area (Å²) in [6.07, 6.45) is 5.09. The summed E-state index contributed by atoms with van der Waals surface area (Å²) in [7, 11) is 0. The fourth-order valence-corrected chi connectivity index (χ4v) is 5.29. The Labute approximate surface area is 281 Å². The van der Waals surface area contributed by atoms with Crippen molar-refractivity contribution in [3.8, 4) is 11.5 Å². The fourth-order valence-electron chi connectivity index (χ4n) is 4.29. The lowest BCUT2D eigenvalue weighted by Gasteiger charge is -2.19. The molecular formula is C32H28Cl5N3O4. The van der Waals surface area contributed by atoms with E-state index in [2.05, 4.69) is 5.32 Å². The van der Waals surface area contributed by atoms with Crippen molar-refractivity contribution >= 4 is 58.0 Å². The van der Waals surface area contributed by atoms with Crippen LogP contribution in [0.3, 0.4) is 0 Å². The second-order valence-electron chi connectivity index (χ2n) is 9.44. The van der Waals surface area contributed by atoms with Gasteiger partial charge in [-0.25, -0.2) is 9.13 Å². The van der Waals surface area contributed by atoms with Gasteiger partial charge in [-0.15, -0.1) is 0 Å². The molecule has 0 aliphatic carbocycles. The number of nitrogens with zero attached hydrogens (tertiary/aromatic N) is 2. The summed E-state index contributed by atoms with van der Waals surface area (Å²) >= 11 is 25.1. The number of amides is 1. The molecule has 5 aromatic rings. The smallest absolute Gasteiger partial charge is 0.266 e. The number of rotatable bonds is 11. The molecule has 44 heavy (non-hydrogen) atoms. The summed E-state index contributed by atoms with van der Waals surface area (Å²) in [5.74, 6) is 1.04. The average molecular weight is 696 g/mol. The summed E-state index contributed by atoms with van der Waals surface area (Å²) in [5.41, 5.74) is 2.16. The quantitative estimate of drug-likeness (QED) is 0.198. The molecule has 0 radical (unpaired) electrons. The van der Waals surface area contributed by atoms with Crippen LogP contribution in [-0.2, 0) is 29.2 Å². The number of carbonyl (C=O) groups is 1. The van der Waals surface area contributed by atoms with Gasteiger partial charge in [0, 0.05) is 25.7 Å². The highest BCUT2D eigenvalue weighted by molar-refractivity contribution is 6.35. The zero-order chi connectivity index (χ0) is 29.5. The SMILES string of the molecule is O.O=C(C[n+]1ccn(CC(OCc2ccc(Cl)cc2Cl)c2ccc(Cl)cc2Cl)c1)Nc1ccccc1Oc1ccccc1.[Cl-]. The maximum atomic E-state index is 13.0. The van der Waals surface area contributed by atoms with Crippen molar-refractivity contribution < 1.29 is 36.7 Å². The molecule has 0 spiro atoms. The predicted molar refractivity (Wildman–Crippen MR) is 170 cm³/mol. The van der Waals surface area contributed by atoms with E-state index in [1.165, 1.54) is 0 Å². The Morgan fingerprint density at radius 3 is 2.27 bits per heavy atom. The number of nitrogens with one attached hydrogen (secondary N) is 1. The predicted octanol–water partition coefficient (Wildman–Crippen LogP) is 4.96. The van der Waals surface area contributed by atoms with E-state index in [1.807, 2.05) is 84.0 Å². The van der Waals surface area contributed by atoms with Crippen molar-refractivity contribution in [3.63, 3.8) is 0 Å². The van der Waals surface area contributed by atoms with Gasteiger partial charge in [-0.2, -0.15) is 0 Å². The zero-order valence-electron chi connectivity index (χ0n) is 23.1. The molecule has 230 valence electrons. The number of imidazole rings is 1. The van der Waals surface area contributed by atoms with E-state index >= 15 is 0 Å². The van der Waals surface area contributed by atoms with E-state index in [0.717, 1.165) is 11.1 Å². The molecule has 0 aliphatic heterocycles. The fraction of sp³-hybridized carbons (Fsp3) is 0.125. The minimum Gasteiger partial charge on any atom is -1.00 e. The van der Waals surface area contributed by atoms with Crippen LogP contribution >= 0.6 is 46.4 Å². The molecule has 5 rings (SSSR count). The first-order chi connectivity index (χ1) is 20.3. The van der Waals surface area contributed by atoms with Crippen molar-refractivity contribution in [1.82, 2.24) is 4.57 Å². The van der Waals surface area contributed by atoms with Crippen molar-refractivity contribution in [1.29, 1.82) is 0 Å². The molecule has 1 heterocycles. The molecule has 12 heteroatoms. The molecule has 0 fully saturated rings. The topological polar surface area (TPSA) is 87.9 Å². The van der Waals surface area contributed by atoms with Crippen LogP contribution in [-0.4, -0.2) is 16.0 Å². The summed E-state index contributed by atoms with van der Waals surface area (Å²) in [6.45, 7) is 0.767. The second kappa shape index (κ2) is 16.7. The molecule has 0 aliphatic rings. The van der Waals surface area contributed by atoms with Crippen LogP contribution in [0.2, 0.25) is 20.1 Å². The summed E-state index contributed by atoms with van der Waals surface area (Å²) in [6, 6.07) is 27.3. The standard InChI is InChI=1S/C32H25Cl4N3O3.ClH.H2O/c33-23-11-10-22(27(35)16-23)20-41-31(26-13-12-24(34)17-28(26)36)18-38-14-15-39(21-38)19-32(40)37-29-8-4-5-9-30(29)42-25-6-2-1-3-7-25;;/h1-17,21,31H,18-20H2;1H;1H2. The van der Waals surface area contributed by atoms with Crippen molar-refractivity contribution in [2.75, 3.05) is 5.32 Å². The number of halogens is 5. The maximum Gasteiger partial charge on any atom is 0.266 e. The highest BCUT2D eigenvalue weighted by atomic mass is 35.5. The van der Waals surface area contributed by atoms with Crippen LogP contribution in [0.15, 0.2) is 110 Å². The number of benzene rings is 4. The second-order valence-corrected chi connectivity index (χ2v) is 11.1. The first kappa shape index (κ1) is 35.2. The van der Waals surface area contributed by atoms with E-state index in [-0.39, 0.29) is 36.9 Å². The van der Waals surface area contributed by atoms with Crippen LogP contribution in [0.25, 0.3) is 0 Å². The van der Waals surface area contributed by atoms with Gasteiger partial charge in [-0.3, -0.25) is 4.79 Å². The Hall–Kier alpha value is -3.27. The summed E-state index contributed by atoms with van der Waals surface area (Å²) in [5, 5.41) is 5.04. The lowest BCUT2D eigenvalue weighted by Crippen LogP contribution is -3.00. The third kappa shape index (κ3) is 9.61. The van der Waals surface area contributed by atoms with Gasteiger partial charge in [-0.05, 0) is 54.1 Å². The monoisotopic (exact) mass is 693 g/mol. The molecule has 7 nitrogen and oxygen atoms in total. The van der Waals surface area contributed by atoms with E-state index in [9.17, 15) is 4.79 Å². The Morgan fingerprint density at radius 2 is 1.55 bits per heavy atom. The molecule has 1 atom stereocenters. The van der Waals surface area contributed by atoms with E-state index < -0.39 is 6.10 Å². The van der Waals surface area contributed by atoms with Crippen LogP contribution in [0.4, 0.5) is 5.69 Å². The zero-order valence-corrected chi connectivity index (χ0v) is 26.9. The van der Waals surface area contributed by atoms with Gasteiger partial charge in [0.05, 0.1) is 12.3 Å². The van der Waals surface area contributed by atoms with Gasteiger partial charge in [0.2, 0.25) is 6.33 Å². The summed E-state index contributed by atoms with van der Waals surface area (Å²) in [4.78, 5) is 13.0. The lowest BCUT2D eigenvalue weighted by atomic mass is 10.1. The van der Waals surface area contributed by atoms with E-state index in [1.54, 1.807) is 34.9 Å². The molecular weight excluding hydrogens is 668 g/mol. The number of aromatic nitrogens is 2. The Bertz CT molecular complexity index is 1680. The largest absolute Gasteiger partial charge is 1.00 e. The van der Waals surface area contributed by atoms with Gasteiger partial charge in [0.15, 0.2) is 12.3 Å². The molecule has 3 N–H and O–H groups in total. The highest BCUT2D eigenvalue weighted by Crippen LogP contribution is 2.32. The number of carbonyl (C=O) groups excluding carboxylic acids is 1. The van der Waals surface area contributed by atoms with Crippen molar-refractivity contribution in [3.05, 3.63) is 141 Å². The van der Waals surface area contributed by atoms with Gasteiger partial charge < -0.3 is 32.7 Å². The minimum absolute atomic E-state index is 0. The van der Waals surface area contributed by atoms with E-state index in [4.69, 9.17) is 55.9 Å². The Morgan fingerprint density at radius 1 is 0.864 bits per heavy atom. The van der Waals surface area contributed by atoms with Crippen molar-refractivity contribution in [2.24, 2.45) is 0 Å². The number of hydrogen-bond donors (Lipinski definition) is 1. The third-order valence-electron chi connectivity index (χ3n) is 6.35. The number of ether oxygens (including phenoxy) is 2. The first-order valence-electron chi connectivity index (χ1n) is 13.0. The van der Waals surface area contributed by atoms with Gasteiger partial charge in [-0.1, -0.05) is 88.9 Å². The molecule has 1 unspecified atom stereocenters. The normalized spacial score (nSPS) is 11.2. The van der Waals surface area contributed by atoms with Gasteiger partial charge in [0.1, 0.15) is 30.8 Å². The van der Waals surface area contributed by atoms with Crippen LogP contribution in [0.1, 0.15) is 17.2 Å². The number of para-hydroxylation sites is 3. The molecule has 4 aromatic carbocycles. The minimum atomic E-state index is -0.432. The van der Waals surface area contributed by atoms with Crippen LogP contribution < -0.4 is 27.0 Å². The average Bonchev–Trinajstić information content (AvgIpc) is 3.40. The number of anilines is 1. The molecule has 1 aromatic heterocycles. The van der Waals surface area contributed by atoms with E-state index in [0.29, 0.717) is 43.8 Å². The Kier molecular flexibility index (Phi) is 13.4. The van der Waals surface area contributed by atoms with Crippen molar-refractivity contribution in [2.45, 2.75) is 25.8 Å². The molecule has 0 saturated carbocycles. The van der Waals surface area contributed by atoms with Crippen LogP contribution in [0, 0.1) is 0 Å². The molecule has 0 bridgehead atoms. The third-order valence-corrected chi connectivity index (χ3v) is 7.50. The van der Waals surface area contributed by atoms with Gasteiger partial charge in [0.25, 0.3) is 5.91 Å². The highest BCUT2D eigenvalue weighted by Gasteiger charge is 2.21. The Balaban J connectivity index is 0.00000264. The molecule has 0 saturated heterocycles.